The molecule has 29 heavy (non-hydrogen) atoms. The van der Waals surface area contributed by atoms with E-state index in [2.05, 4.69) is 10.4 Å². The van der Waals surface area contributed by atoms with Crippen molar-refractivity contribution in [3.63, 3.8) is 0 Å². The molecule has 4 fully saturated rings. The average molecular weight is 394 g/mol. The molecule has 4 bridgehead atoms. The van der Waals surface area contributed by atoms with Gasteiger partial charge in [-0.15, -0.1) is 0 Å². The van der Waals surface area contributed by atoms with Gasteiger partial charge in [0.25, 0.3) is 5.91 Å². The molecule has 4 aliphatic carbocycles. The molecule has 4 saturated carbocycles. The van der Waals surface area contributed by atoms with Crippen molar-refractivity contribution in [3.8, 4) is 0 Å². The summed E-state index contributed by atoms with van der Waals surface area (Å²) in [5, 5.41) is 19.1. The summed E-state index contributed by atoms with van der Waals surface area (Å²) in [6.45, 7) is 3.82. The highest BCUT2D eigenvalue weighted by atomic mass is 16.6. The number of nitrogens with one attached hydrogen (secondary N) is 1. The lowest BCUT2D eigenvalue weighted by Crippen LogP contribution is -2.52. The maximum Gasteiger partial charge on any atom is 0.320 e. The molecule has 0 saturated heterocycles. The van der Waals surface area contributed by atoms with Crippen molar-refractivity contribution < 1.29 is 9.72 Å². The number of anilines is 1. The summed E-state index contributed by atoms with van der Waals surface area (Å²) in [7, 11) is 0. The molecule has 0 atom stereocenters. The smallest absolute Gasteiger partial charge is 0.320 e. The fraction of sp³-hybridized carbons (Fsp3) is 0.545. The van der Waals surface area contributed by atoms with Gasteiger partial charge in [-0.2, -0.15) is 5.10 Å². The molecule has 152 valence electrons. The first kappa shape index (κ1) is 18.3. The predicted molar refractivity (Wildman–Crippen MR) is 109 cm³/mol. The molecule has 7 nitrogen and oxygen atoms in total. The second-order valence-corrected chi connectivity index (χ2v) is 9.43. The van der Waals surface area contributed by atoms with Crippen LogP contribution in [-0.2, 0) is 5.54 Å². The number of aromatic nitrogens is 2. The van der Waals surface area contributed by atoms with Gasteiger partial charge in [0.15, 0.2) is 0 Å². The van der Waals surface area contributed by atoms with Crippen molar-refractivity contribution in [2.75, 3.05) is 5.32 Å². The number of benzene rings is 1. The van der Waals surface area contributed by atoms with Crippen LogP contribution in [0.1, 0.15) is 60.1 Å². The van der Waals surface area contributed by atoms with E-state index in [0.717, 1.165) is 30.4 Å². The highest BCUT2D eigenvalue weighted by Crippen LogP contribution is 2.58. The Labute approximate surface area is 169 Å². The second-order valence-electron chi connectivity index (χ2n) is 9.43. The molecule has 6 rings (SSSR count). The number of hydrogen-bond acceptors (Lipinski definition) is 4. The summed E-state index contributed by atoms with van der Waals surface area (Å²) in [6.07, 6.45) is 8.42. The summed E-state index contributed by atoms with van der Waals surface area (Å²) in [6, 6.07) is 5.74. The third-order valence-corrected chi connectivity index (χ3v) is 7.32. The van der Waals surface area contributed by atoms with E-state index in [0.29, 0.717) is 23.4 Å². The van der Waals surface area contributed by atoms with E-state index in [9.17, 15) is 14.9 Å². The quantitative estimate of drug-likeness (QED) is 0.607. The van der Waals surface area contributed by atoms with Gasteiger partial charge in [0, 0.05) is 5.69 Å². The number of aryl methyl sites for hydroxylation is 2. The molecule has 1 aromatic heterocycles. The normalized spacial score (nSPS) is 29.8. The molecule has 0 spiro atoms. The molecular formula is C22H26N4O3. The predicted octanol–water partition coefficient (Wildman–Crippen LogP) is 4.59. The number of carbonyl (C=O) groups is 1. The Morgan fingerprint density at radius 3 is 2.21 bits per heavy atom. The Morgan fingerprint density at radius 2 is 1.69 bits per heavy atom. The van der Waals surface area contributed by atoms with E-state index >= 15 is 0 Å². The fourth-order valence-electron chi connectivity index (χ4n) is 6.43. The van der Waals surface area contributed by atoms with E-state index in [4.69, 9.17) is 0 Å². The molecule has 1 aromatic carbocycles. The van der Waals surface area contributed by atoms with Gasteiger partial charge in [-0.25, -0.2) is 0 Å². The van der Waals surface area contributed by atoms with Crippen molar-refractivity contribution in [2.24, 2.45) is 17.8 Å². The zero-order valence-corrected chi connectivity index (χ0v) is 16.9. The Hall–Kier alpha value is -2.70. The number of rotatable bonds is 4. The molecular weight excluding hydrogens is 368 g/mol. The van der Waals surface area contributed by atoms with Gasteiger partial charge in [-0.05, 0) is 81.3 Å². The van der Waals surface area contributed by atoms with E-state index in [1.54, 1.807) is 4.68 Å². The second kappa shape index (κ2) is 6.40. The van der Waals surface area contributed by atoms with Crippen LogP contribution >= 0.6 is 0 Å². The number of nitro groups is 1. The molecule has 1 N–H and O–H groups in total. The van der Waals surface area contributed by atoms with Gasteiger partial charge in [-0.1, -0.05) is 18.2 Å². The Morgan fingerprint density at radius 1 is 1.14 bits per heavy atom. The van der Waals surface area contributed by atoms with Gasteiger partial charge in [0.1, 0.15) is 6.20 Å². The van der Waals surface area contributed by atoms with Crippen molar-refractivity contribution in [1.82, 2.24) is 9.78 Å². The van der Waals surface area contributed by atoms with Gasteiger partial charge in [0.2, 0.25) is 5.69 Å². The Balaban J connectivity index is 1.50. The molecule has 1 heterocycles. The number of hydrogen-bond donors (Lipinski definition) is 1. The highest BCUT2D eigenvalue weighted by Gasteiger charge is 2.53. The lowest BCUT2D eigenvalue weighted by molar-refractivity contribution is -0.385. The SMILES string of the molecule is Cc1cccc(C)c1NC(=O)c1nn(C23CC4CC(CC(C4)C2)C3)cc1[N+](=O)[O-]. The van der Waals surface area contributed by atoms with Crippen LogP contribution in [-0.4, -0.2) is 20.6 Å². The number of nitrogens with zero attached hydrogens (tertiary/aromatic N) is 3. The first-order chi connectivity index (χ1) is 13.8. The topological polar surface area (TPSA) is 90.1 Å². The van der Waals surface area contributed by atoms with Crippen LogP contribution < -0.4 is 5.32 Å². The lowest BCUT2D eigenvalue weighted by atomic mass is 9.53. The van der Waals surface area contributed by atoms with Crippen LogP contribution in [0.2, 0.25) is 0 Å². The third kappa shape index (κ3) is 2.94. The van der Waals surface area contributed by atoms with Crippen LogP contribution in [0.25, 0.3) is 0 Å². The summed E-state index contributed by atoms with van der Waals surface area (Å²) in [5.41, 5.74) is 2.08. The minimum atomic E-state index is -0.516. The summed E-state index contributed by atoms with van der Waals surface area (Å²) < 4.78 is 1.79. The average Bonchev–Trinajstić information content (AvgIpc) is 3.10. The van der Waals surface area contributed by atoms with E-state index in [1.807, 2.05) is 32.0 Å². The highest BCUT2D eigenvalue weighted by molar-refractivity contribution is 6.06. The molecule has 0 aliphatic heterocycles. The van der Waals surface area contributed by atoms with Crippen molar-refractivity contribution >= 4 is 17.3 Å². The van der Waals surface area contributed by atoms with Crippen LogP contribution in [0.3, 0.4) is 0 Å². The summed E-state index contributed by atoms with van der Waals surface area (Å²) >= 11 is 0. The fourth-order valence-corrected chi connectivity index (χ4v) is 6.43. The molecule has 7 heteroatoms. The van der Waals surface area contributed by atoms with Gasteiger partial charge >= 0.3 is 5.69 Å². The molecule has 2 aromatic rings. The van der Waals surface area contributed by atoms with Crippen LogP contribution in [0, 0.1) is 41.7 Å². The summed E-state index contributed by atoms with van der Waals surface area (Å²) in [4.78, 5) is 24.2. The van der Waals surface area contributed by atoms with Crippen molar-refractivity contribution in [1.29, 1.82) is 0 Å². The van der Waals surface area contributed by atoms with Crippen LogP contribution in [0.15, 0.2) is 24.4 Å². The largest absolute Gasteiger partial charge is 0.320 e. The Kier molecular flexibility index (Phi) is 4.05. The lowest BCUT2D eigenvalue weighted by Gasteiger charge is -2.56. The maximum absolute atomic E-state index is 13.0. The van der Waals surface area contributed by atoms with E-state index in [1.165, 1.54) is 25.5 Å². The zero-order valence-electron chi connectivity index (χ0n) is 16.9. The standard InChI is InChI=1S/C22H26N4O3/c1-13-4-3-5-14(2)19(13)23-21(27)20-18(26(28)29)12-25(24-20)22-9-15-6-16(10-22)8-17(7-15)11-22/h3-5,12,15-17H,6-11H2,1-2H3,(H,23,27). The molecule has 4 aliphatic rings. The first-order valence-corrected chi connectivity index (χ1v) is 10.5. The van der Waals surface area contributed by atoms with Gasteiger partial charge in [0.05, 0.1) is 10.5 Å². The molecule has 1 amide bonds. The summed E-state index contributed by atoms with van der Waals surface area (Å²) in [5.74, 6) is 1.56. The third-order valence-electron chi connectivity index (χ3n) is 7.32. The van der Waals surface area contributed by atoms with Crippen molar-refractivity contribution in [2.45, 2.75) is 57.9 Å². The molecule has 0 unspecified atom stereocenters. The number of amides is 1. The maximum atomic E-state index is 13.0. The van der Waals surface area contributed by atoms with E-state index < -0.39 is 10.8 Å². The minimum absolute atomic E-state index is 0.0894. The van der Waals surface area contributed by atoms with Crippen molar-refractivity contribution in [3.05, 3.63) is 51.3 Å². The van der Waals surface area contributed by atoms with Gasteiger partial charge in [-0.3, -0.25) is 19.6 Å². The minimum Gasteiger partial charge on any atom is -0.320 e. The number of carbonyl (C=O) groups excluding carboxylic acids is 1. The first-order valence-electron chi connectivity index (χ1n) is 10.5. The van der Waals surface area contributed by atoms with Gasteiger partial charge < -0.3 is 5.32 Å². The monoisotopic (exact) mass is 394 g/mol. The van der Waals surface area contributed by atoms with Crippen LogP contribution in [0.4, 0.5) is 11.4 Å². The number of para-hydroxylation sites is 1. The van der Waals surface area contributed by atoms with E-state index in [-0.39, 0.29) is 16.9 Å². The van der Waals surface area contributed by atoms with Crippen LogP contribution in [0.5, 0.6) is 0 Å². The Bertz CT molecular complexity index is 954. The zero-order chi connectivity index (χ0) is 20.3. The molecule has 0 radical (unpaired) electrons.